The van der Waals surface area contributed by atoms with Crippen molar-refractivity contribution in [3.63, 3.8) is 0 Å². The summed E-state index contributed by atoms with van der Waals surface area (Å²) in [5, 5.41) is 5.88. The molecule has 0 spiro atoms. The molecule has 0 aliphatic carbocycles. The lowest BCUT2D eigenvalue weighted by Crippen LogP contribution is -2.50. The van der Waals surface area contributed by atoms with Crippen LogP contribution in [0.5, 0.6) is 11.5 Å². The van der Waals surface area contributed by atoms with Gasteiger partial charge in [0.05, 0.1) is 25.6 Å². The Hall–Kier alpha value is -3.22. The van der Waals surface area contributed by atoms with Crippen LogP contribution in [-0.4, -0.2) is 38.6 Å². The zero-order valence-corrected chi connectivity index (χ0v) is 16.7. The normalized spacial score (nSPS) is 17.7. The van der Waals surface area contributed by atoms with Crippen molar-refractivity contribution >= 4 is 23.2 Å². The number of anilines is 2. The molecule has 7 heteroatoms. The molecule has 29 heavy (non-hydrogen) atoms. The van der Waals surface area contributed by atoms with Gasteiger partial charge in [-0.15, -0.1) is 0 Å². The first-order chi connectivity index (χ1) is 14.1. The van der Waals surface area contributed by atoms with Crippen LogP contribution >= 0.6 is 0 Å². The second-order valence-electron chi connectivity index (χ2n) is 7.29. The van der Waals surface area contributed by atoms with Crippen molar-refractivity contribution in [3.8, 4) is 11.5 Å². The molecule has 152 valence electrons. The van der Waals surface area contributed by atoms with E-state index in [-0.39, 0.29) is 17.9 Å². The van der Waals surface area contributed by atoms with Crippen LogP contribution in [0.1, 0.15) is 35.2 Å². The van der Waals surface area contributed by atoms with Crippen molar-refractivity contribution in [2.45, 2.75) is 31.8 Å². The number of hydrogen-bond acceptors (Lipinski definition) is 5. The number of methoxy groups -OCH3 is 2. The summed E-state index contributed by atoms with van der Waals surface area (Å²) < 4.78 is 10.6. The van der Waals surface area contributed by atoms with E-state index >= 15 is 0 Å². The summed E-state index contributed by atoms with van der Waals surface area (Å²) >= 11 is 0. The van der Waals surface area contributed by atoms with Crippen LogP contribution in [0.3, 0.4) is 0 Å². The minimum Gasteiger partial charge on any atom is -0.497 e. The summed E-state index contributed by atoms with van der Waals surface area (Å²) in [7, 11) is 3.19. The molecule has 0 bridgehead atoms. The number of nitrogens with one attached hydrogen (secondary N) is 2. The quantitative estimate of drug-likeness (QED) is 0.814. The zero-order valence-electron chi connectivity index (χ0n) is 16.7. The van der Waals surface area contributed by atoms with Gasteiger partial charge >= 0.3 is 0 Å². The van der Waals surface area contributed by atoms with Crippen LogP contribution in [0, 0.1) is 0 Å². The summed E-state index contributed by atoms with van der Waals surface area (Å²) in [4.78, 5) is 27.3. The molecule has 0 unspecified atom stereocenters. The molecule has 2 aliphatic heterocycles. The Bertz CT molecular complexity index is 944. The Morgan fingerprint density at radius 3 is 2.83 bits per heavy atom. The SMILES string of the molecule is COc1ccc(OC)c(CNC(=O)c2ccc3c(c2)NC(=O)[C@H]2CCCCN32)c1. The summed E-state index contributed by atoms with van der Waals surface area (Å²) in [6.07, 6.45) is 3.02. The van der Waals surface area contributed by atoms with Crippen LogP contribution < -0.4 is 25.0 Å². The summed E-state index contributed by atoms with van der Waals surface area (Å²) in [6.45, 7) is 1.17. The number of piperidine rings is 1. The second kappa shape index (κ2) is 8.03. The first-order valence-electron chi connectivity index (χ1n) is 9.81. The third-order valence-corrected chi connectivity index (χ3v) is 5.56. The molecule has 2 N–H and O–H groups in total. The monoisotopic (exact) mass is 395 g/mol. The number of ether oxygens (including phenoxy) is 2. The van der Waals surface area contributed by atoms with Crippen LogP contribution in [0.4, 0.5) is 11.4 Å². The van der Waals surface area contributed by atoms with Crippen LogP contribution in [0.15, 0.2) is 36.4 Å². The van der Waals surface area contributed by atoms with E-state index in [4.69, 9.17) is 9.47 Å². The van der Waals surface area contributed by atoms with Crippen molar-refractivity contribution in [1.82, 2.24) is 5.32 Å². The highest BCUT2D eigenvalue weighted by atomic mass is 16.5. The first kappa shape index (κ1) is 19.1. The van der Waals surface area contributed by atoms with Crippen molar-refractivity contribution < 1.29 is 19.1 Å². The Morgan fingerprint density at radius 2 is 2.03 bits per heavy atom. The first-order valence-corrected chi connectivity index (χ1v) is 9.81. The van der Waals surface area contributed by atoms with Gasteiger partial charge in [-0.2, -0.15) is 0 Å². The predicted molar refractivity (Wildman–Crippen MR) is 111 cm³/mol. The van der Waals surface area contributed by atoms with Gasteiger partial charge in [0, 0.05) is 24.2 Å². The smallest absolute Gasteiger partial charge is 0.251 e. The van der Waals surface area contributed by atoms with Crippen molar-refractivity contribution in [2.24, 2.45) is 0 Å². The van der Waals surface area contributed by atoms with E-state index in [1.165, 1.54) is 0 Å². The molecule has 1 atom stereocenters. The highest BCUT2D eigenvalue weighted by Gasteiger charge is 2.34. The third-order valence-electron chi connectivity index (χ3n) is 5.56. The van der Waals surface area contributed by atoms with Crippen molar-refractivity contribution in [3.05, 3.63) is 47.5 Å². The highest BCUT2D eigenvalue weighted by molar-refractivity contribution is 6.05. The molecule has 7 nitrogen and oxygen atoms in total. The fourth-order valence-corrected chi connectivity index (χ4v) is 4.03. The maximum atomic E-state index is 12.7. The van der Waals surface area contributed by atoms with E-state index in [1.54, 1.807) is 26.4 Å². The molecule has 2 amide bonds. The van der Waals surface area contributed by atoms with Gasteiger partial charge in [-0.1, -0.05) is 0 Å². The number of nitrogens with zero attached hydrogens (tertiary/aromatic N) is 1. The van der Waals surface area contributed by atoms with Gasteiger partial charge in [0.15, 0.2) is 0 Å². The number of fused-ring (bicyclic) bond motifs is 3. The Balaban J connectivity index is 1.51. The fraction of sp³-hybridized carbons (Fsp3) is 0.364. The molecular weight excluding hydrogens is 370 g/mol. The molecule has 1 saturated heterocycles. The standard InChI is InChI=1S/C22H25N3O4/c1-28-16-7-9-20(29-2)15(11-16)13-23-21(26)14-6-8-18-17(12-14)24-22(27)19-5-3-4-10-25(18)19/h6-9,11-12,19H,3-5,10,13H2,1-2H3,(H,23,26)(H,24,27)/t19-/m1/s1. The molecule has 0 aromatic heterocycles. The molecule has 2 heterocycles. The number of carbonyl (C=O) groups excluding carboxylic acids is 2. The average Bonchev–Trinajstić information content (AvgIpc) is 2.77. The van der Waals surface area contributed by atoms with Gasteiger partial charge in [-0.3, -0.25) is 9.59 Å². The van der Waals surface area contributed by atoms with E-state index in [2.05, 4.69) is 15.5 Å². The lowest BCUT2D eigenvalue weighted by molar-refractivity contribution is -0.118. The molecule has 4 rings (SSSR count). The largest absolute Gasteiger partial charge is 0.497 e. The summed E-state index contributed by atoms with van der Waals surface area (Å²) in [5.74, 6) is 1.17. The Labute approximate surface area is 170 Å². The van der Waals surface area contributed by atoms with Gasteiger partial charge < -0.3 is 25.0 Å². The van der Waals surface area contributed by atoms with E-state index in [1.807, 2.05) is 24.3 Å². The molecule has 1 fully saturated rings. The average molecular weight is 395 g/mol. The van der Waals surface area contributed by atoms with Crippen molar-refractivity contribution in [2.75, 3.05) is 31.0 Å². The molecule has 2 aromatic rings. The van der Waals surface area contributed by atoms with Crippen LogP contribution in [0.25, 0.3) is 0 Å². The van der Waals surface area contributed by atoms with E-state index in [0.29, 0.717) is 29.3 Å². The van der Waals surface area contributed by atoms with Gasteiger partial charge in [-0.05, 0) is 55.7 Å². The molecule has 2 aromatic carbocycles. The van der Waals surface area contributed by atoms with Gasteiger partial charge in [0.2, 0.25) is 5.91 Å². The lowest BCUT2D eigenvalue weighted by Gasteiger charge is -2.41. The molecule has 0 saturated carbocycles. The fourth-order valence-electron chi connectivity index (χ4n) is 4.03. The van der Waals surface area contributed by atoms with Gasteiger partial charge in [0.1, 0.15) is 17.5 Å². The van der Waals surface area contributed by atoms with Crippen LogP contribution in [-0.2, 0) is 11.3 Å². The number of amides is 2. The van der Waals surface area contributed by atoms with Crippen LogP contribution in [0.2, 0.25) is 0 Å². The second-order valence-corrected chi connectivity index (χ2v) is 7.29. The summed E-state index contributed by atoms with van der Waals surface area (Å²) in [6, 6.07) is 10.8. The number of benzene rings is 2. The van der Waals surface area contributed by atoms with E-state index < -0.39 is 0 Å². The topological polar surface area (TPSA) is 79.9 Å². The highest BCUT2D eigenvalue weighted by Crippen LogP contribution is 2.36. The maximum absolute atomic E-state index is 12.7. The minimum atomic E-state index is -0.215. The molecular formula is C22H25N3O4. The number of carbonyl (C=O) groups is 2. The van der Waals surface area contributed by atoms with Gasteiger partial charge in [-0.25, -0.2) is 0 Å². The van der Waals surface area contributed by atoms with Gasteiger partial charge in [0.25, 0.3) is 5.91 Å². The number of hydrogen-bond donors (Lipinski definition) is 2. The molecule has 0 radical (unpaired) electrons. The number of rotatable bonds is 5. The zero-order chi connectivity index (χ0) is 20.4. The summed E-state index contributed by atoms with van der Waals surface area (Å²) in [5.41, 5.74) is 3.00. The maximum Gasteiger partial charge on any atom is 0.251 e. The Kier molecular flexibility index (Phi) is 5.29. The molecule has 2 aliphatic rings. The van der Waals surface area contributed by atoms with E-state index in [0.717, 1.165) is 37.1 Å². The van der Waals surface area contributed by atoms with Crippen molar-refractivity contribution in [1.29, 1.82) is 0 Å². The Morgan fingerprint density at radius 1 is 1.17 bits per heavy atom. The van der Waals surface area contributed by atoms with E-state index in [9.17, 15) is 9.59 Å². The third kappa shape index (κ3) is 3.72. The minimum absolute atomic E-state index is 0.0101. The lowest BCUT2D eigenvalue weighted by atomic mass is 9.97. The predicted octanol–water partition coefficient (Wildman–Crippen LogP) is 2.94.